The second kappa shape index (κ2) is 5.53. The third-order valence-corrected chi connectivity index (χ3v) is 3.75. The van der Waals surface area contributed by atoms with Gasteiger partial charge in [-0.15, -0.1) is 0 Å². The molecule has 24 heavy (non-hydrogen) atoms. The van der Waals surface area contributed by atoms with Crippen LogP contribution in [0.1, 0.15) is 11.1 Å². The average Bonchev–Trinajstić information content (AvgIpc) is 2.97. The van der Waals surface area contributed by atoms with Crippen molar-refractivity contribution in [2.45, 2.75) is 19.6 Å². The van der Waals surface area contributed by atoms with E-state index in [9.17, 15) is 18.0 Å². The summed E-state index contributed by atoms with van der Waals surface area (Å²) in [7, 11) is 0. The topological polar surface area (TPSA) is 74.5 Å². The van der Waals surface area contributed by atoms with Crippen molar-refractivity contribution in [3.63, 3.8) is 0 Å². The number of pyridine rings is 1. The van der Waals surface area contributed by atoms with Crippen molar-refractivity contribution < 1.29 is 13.2 Å². The molecule has 0 spiro atoms. The zero-order valence-electron chi connectivity index (χ0n) is 12.5. The molecule has 2 heterocycles. The summed E-state index contributed by atoms with van der Waals surface area (Å²) in [6.07, 6.45) is -1.67. The van der Waals surface area contributed by atoms with Crippen LogP contribution in [-0.4, -0.2) is 14.8 Å². The van der Waals surface area contributed by atoms with Crippen LogP contribution in [0.4, 0.5) is 13.2 Å². The number of aromatic amines is 1. The standard InChI is InChI=1S/C16H11F3N4O/c1-9-4-15(24)23(3-2-20)8-13(9)11-5-10(16(17,18)19)6-14-12(11)7-21-22-14/h4-8H,3H2,1H3,(H,21,22). The van der Waals surface area contributed by atoms with Gasteiger partial charge in [0.15, 0.2) is 0 Å². The van der Waals surface area contributed by atoms with Crippen molar-refractivity contribution in [1.82, 2.24) is 14.8 Å². The lowest BCUT2D eigenvalue weighted by molar-refractivity contribution is -0.137. The minimum absolute atomic E-state index is 0.181. The van der Waals surface area contributed by atoms with Crippen molar-refractivity contribution in [2.75, 3.05) is 0 Å². The van der Waals surface area contributed by atoms with Crippen LogP contribution in [0.2, 0.25) is 0 Å². The highest BCUT2D eigenvalue weighted by molar-refractivity contribution is 5.95. The van der Waals surface area contributed by atoms with E-state index in [0.717, 1.165) is 16.7 Å². The SMILES string of the molecule is Cc1cc(=O)n(CC#N)cc1-c1cc(C(F)(F)F)cc2[nH]ncc12. The first-order valence-corrected chi connectivity index (χ1v) is 6.94. The number of halogens is 3. The number of nitrogens with zero attached hydrogens (tertiary/aromatic N) is 3. The van der Waals surface area contributed by atoms with Crippen LogP contribution in [0.5, 0.6) is 0 Å². The van der Waals surface area contributed by atoms with Gasteiger partial charge in [-0.3, -0.25) is 9.89 Å². The molecular formula is C16H11F3N4O. The molecule has 0 amide bonds. The van der Waals surface area contributed by atoms with Gasteiger partial charge >= 0.3 is 6.18 Å². The summed E-state index contributed by atoms with van der Waals surface area (Å²) in [5.41, 5.74) is 0.327. The Labute approximate surface area is 134 Å². The maximum Gasteiger partial charge on any atom is 0.416 e. The van der Waals surface area contributed by atoms with Crippen molar-refractivity contribution in [3.05, 3.63) is 52.1 Å². The Morgan fingerprint density at radius 1 is 1.29 bits per heavy atom. The summed E-state index contributed by atoms with van der Waals surface area (Å²) in [4.78, 5) is 11.9. The van der Waals surface area contributed by atoms with E-state index in [1.54, 1.807) is 6.92 Å². The third-order valence-electron chi connectivity index (χ3n) is 3.75. The number of aryl methyl sites for hydroxylation is 1. The Morgan fingerprint density at radius 2 is 2.04 bits per heavy atom. The number of aromatic nitrogens is 3. The second-order valence-corrected chi connectivity index (χ2v) is 5.35. The van der Waals surface area contributed by atoms with Gasteiger partial charge in [0.25, 0.3) is 5.56 Å². The van der Waals surface area contributed by atoms with Crippen molar-refractivity contribution in [3.8, 4) is 17.2 Å². The van der Waals surface area contributed by atoms with Crippen LogP contribution in [-0.2, 0) is 12.7 Å². The highest BCUT2D eigenvalue weighted by Crippen LogP contribution is 2.37. The molecule has 1 aromatic carbocycles. The molecule has 0 atom stereocenters. The lowest BCUT2D eigenvalue weighted by Gasteiger charge is -2.13. The molecule has 3 aromatic rings. The van der Waals surface area contributed by atoms with Gasteiger partial charge in [0.2, 0.25) is 0 Å². The minimum atomic E-state index is -4.51. The molecule has 0 bridgehead atoms. The number of hydrogen-bond donors (Lipinski definition) is 1. The molecule has 3 rings (SSSR count). The molecule has 5 nitrogen and oxygen atoms in total. The van der Waals surface area contributed by atoms with Gasteiger partial charge in [-0.05, 0) is 30.2 Å². The number of nitriles is 1. The highest BCUT2D eigenvalue weighted by atomic mass is 19.4. The van der Waals surface area contributed by atoms with Gasteiger partial charge in [0.1, 0.15) is 6.54 Å². The van der Waals surface area contributed by atoms with Gasteiger partial charge in [-0.1, -0.05) is 0 Å². The van der Waals surface area contributed by atoms with E-state index < -0.39 is 11.7 Å². The predicted octanol–water partition coefficient (Wildman–Crippen LogP) is 3.24. The fourth-order valence-corrected chi connectivity index (χ4v) is 2.59. The smallest absolute Gasteiger partial charge is 0.301 e. The minimum Gasteiger partial charge on any atom is -0.301 e. The van der Waals surface area contributed by atoms with E-state index in [2.05, 4.69) is 10.2 Å². The van der Waals surface area contributed by atoms with Crippen molar-refractivity contribution >= 4 is 10.9 Å². The summed E-state index contributed by atoms with van der Waals surface area (Å²) in [6.45, 7) is 1.46. The number of nitrogens with one attached hydrogen (secondary N) is 1. The van der Waals surface area contributed by atoms with Crippen LogP contribution < -0.4 is 5.56 Å². The second-order valence-electron chi connectivity index (χ2n) is 5.35. The van der Waals surface area contributed by atoms with Crippen molar-refractivity contribution in [2.24, 2.45) is 0 Å². The normalized spacial score (nSPS) is 11.6. The van der Waals surface area contributed by atoms with E-state index in [-0.39, 0.29) is 17.6 Å². The molecule has 0 aliphatic carbocycles. The fraction of sp³-hybridized carbons (Fsp3) is 0.188. The first kappa shape index (κ1) is 15.8. The van der Waals surface area contributed by atoms with E-state index >= 15 is 0 Å². The molecule has 1 N–H and O–H groups in total. The lowest BCUT2D eigenvalue weighted by atomic mass is 9.97. The van der Waals surface area contributed by atoms with Crippen LogP contribution >= 0.6 is 0 Å². The molecule has 0 aliphatic heterocycles. The molecular weight excluding hydrogens is 321 g/mol. The average molecular weight is 332 g/mol. The number of fused-ring (bicyclic) bond motifs is 1. The Kier molecular flexibility index (Phi) is 3.64. The number of H-pyrrole nitrogens is 1. The fourth-order valence-electron chi connectivity index (χ4n) is 2.59. The molecule has 0 unspecified atom stereocenters. The Balaban J connectivity index is 2.34. The summed E-state index contributed by atoms with van der Waals surface area (Å²) in [6, 6.07) is 5.18. The number of alkyl halides is 3. The Bertz CT molecular complexity index is 1020. The summed E-state index contributed by atoms with van der Waals surface area (Å²) in [5.74, 6) is 0. The first-order chi connectivity index (χ1) is 11.3. The van der Waals surface area contributed by atoms with Gasteiger partial charge in [-0.2, -0.15) is 23.5 Å². The highest BCUT2D eigenvalue weighted by Gasteiger charge is 2.32. The summed E-state index contributed by atoms with van der Waals surface area (Å²) >= 11 is 0. The molecule has 2 aromatic heterocycles. The Morgan fingerprint density at radius 3 is 2.71 bits per heavy atom. The molecule has 0 radical (unpaired) electrons. The van der Waals surface area contributed by atoms with Crippen LogP contribution in [0.3, 0.4) is 0 Å². The number of benzene rings is 1. The van der Waals surface area contributed by atoms with Crippen molar-refractivity contribution in [1.29, 1.82) is 5.26 Å². The van der Waals surface area contributed by atoms with E-state index in [1.165, 1.54) is 18.5 Å². The zero-order valence-corrected chi connectivity index (χ0v) is 12.5. The van der Waals surface area contributed by atoms with E-state index in [4.69, 9.17) is 5.26 Å². The van der Waals surface area contributed by atoms with E-state index in [0.29, 0.717) is 22.1 Å². The molecule has 122 valence electrons. The monoisotopic (exact) mass is 332 g/mol. The molecule has 0 aliphatic rings. The zero-order chi connectivity index (χ0) is 17.5. The third kappa shape index (κ3) is 2.65. The number of hydrogen-bond acceptors (Lipinski definition) is 3. The first-order valence-electron chi connectivity index (χ1n) is 6.94. The van der Waals surface area contributed by atoms with Crippen LogP contribution in [0.15, 0.2) is 35.4 Å². The largest absolute Gasteiger partial charge is 0.416 e. The van der Waals surface area contributed by atoms with Gasteiger partial charge in [-0.25, -0.2) is 0 Å². The Hall–Kier alpha value is -3.08. The lowest BCUT2D eigenvalue weighted by Crippen LogP contribution is -2.19. The molecule has 0 saturated heterocycles. The maximum atomic E-state index is 13.1. The molecule has 8 heteroatoms. The molecule has 0 saturated carbocycles. The van der Waals surface area contributed by atoms with E-state index in [1.807, 2.05) is 6.07 Å². The van der Waals surface area contributed by atoms with Crippen LogP contribution in [0, 0.1) is 18.3 Å². The summed E-state index contributed by atoms with van der Waals surface area (Å²) < 4.78 is 40.6. The number of rotatable bonds is 2. The summed E-state index contributed by atoms with van der Waals surface area (Å²) in [5, 5.41) is 15.6. The van der Waals surface area contributed by atoms with Gasteiger partial charge < -0.3 is 4.57 Å². The van der Waals surface area contributed by atoms with Crippen LogP contribution in [0.25, 0.3) is 22.0 Å². The maximum absolute atomic E-state index is 13.1. The van der Waals surface area contributed by atoms with Gasteiger partial charge in [0.05, 0.1) is 23.3 Å². The quantitative estimate of drug-likeness (QED) is 0.783. The van der Waals surface area contributed by atoms with Gasteiger partial charge in [0, 0.05) is 23.2 Å². The molecule has 0 fully saturated rings. The predicted molar refractivity (Wildman–Crippen MR) is 81.1 cm³/mol.